The molecule has 1 aromatic rings. The average molecular weight is 254 g/mol. The van der Waals surface area contributed by atoms with Crippen LogP contribution in [-0.4, -0.2) is 18.8 Å². The zero-order valence-electron chi connectivity index (χ0n) is 10.5. The average Bonchev–Trinajstić information content (AvgIpc) is 2.74. The first-order valence-corrected chi connectivity index (χ1v) is 6.66. The van der Waals surface area contributed by atoms with Gasteiger partial charge in [-0.15, -0.1) is 0 Å². The van der Waals surface area contributed by atoms with E-state index in [4.69, 9.17) is 16.3 Å². The third-order valence-corrected chi connectivity index (χ3v) is 3.69. The number of likely N-dealkylation sites (N-methyl/N-ethyl adjacent to an activating group) is 1. The van der Waals surface area contributed by atoms with Crippen LogP contribution in [0.5, 0.6) is 0 Å². The molecule has 1 heterocycles. The van der Waals surface area contributed by atoms with Crippen LogP contribution in [0.1, 0.15) is 38.3 Å². The van der Waals surface area contributed by atoms with Crippen molar-refractivity contribution in [2.24, 2.45) is 0 Å². The predicted molar refractivity (Wildman–Crippen MR) is 71.5 cm³/mol. The Morgan fingerprint density at radius 2 is 2.35 bits per heavy atom. The van der Waals surface area contributed by atoms with Crippen LogP contribution < -0.4 is 5.32 Å². The van der Waals surface area contributed by atoms with Gasteiger partial charge in [0.25, 0.3) is 0 Å². The van der Waals surface area contributed by atoms with Gasteiger partial charge in [-0.1, -0.05) is 30.7 Å². The van der Waals surface area contributed by atoms with Gasteiger partial charge in [0.05, 0.1) is 11.6 Å². The minimum absolute atomic E-state index is 0.110. The number of hydrogen-bond acceptors (Lipinski definition) is 2. The quantitative estimate of drug-likeness (QED) is 0.886. The summed E-state index contributed by atoms with van der Waals surface area (Å²) in [5.41, 5.74) is 1.10. The van der Waals surface area contributed by atoms with E-state index in [-0.39, 0.29) is 11.6 Å². The van der Waals surface area contributed by atoms with Gasteiger partial charge in [-0.05, 0) is 44.0 Å². The topological polar surface area (TPSA) is 21.3 Å². The number of benzene rings is 1. The second kappa shape index (κ2) is 5.38. The van der Waals surface area contributed by atoms with E-state index >= 15 is 0 Å². The predicted octanol–water partition coefficient (Wildman–Crippen LogP) is 3.56. The molecular formula is C14H20ClNO. The molecule has 17 heavy (non-hydrogen) atoms. The molecule has 0 radical (unpaired) electrons. The molecule has 0 bridgehead atoms. The smallest absolute Gasteiger partial charge is 0.0849 e. The molecular weight excluding hydrogens is 234 g/mol. The molecule has 94 valence electrons. The summed E-state index contributed by atoms with van der Waals surface area (Å²) < 4.78 is 5.94. The Labute approximate surface area is 108 Å². The molecule has 1 aromatic carbocycles. The van der Waals surface area contributed by atoms with Crippen LogP contribution in [0, 0.1) is 0 Å². The van der Waals surface area contributed by atoms with Gasteiger partial charge < -0.3 is 10.1 Å². The van der Waals surface area contributed by atoms with E-state index in [2.05, 4.69) is 25.2 Å². The SMILES string of the molecule is CCNC(c1cccc(Cl)c1)C1(C)CCCO1. The minimum atomic E-state index is -0.110. The van der Waals surface area contributed by atoms with Crippen LogP contribution in [0.4, 0.5) is 0 Å². The third kappa shape index (κ3) is 2.82. The van der Waals surface area contributed by atoms with Crippen LogP contribution in [0.3, 0.4) is 0 Å². The summed E-state index contributed by atoms with van der Waals surface area (Å²) in [6.45, 7) is 6.10. The maximum atomic E-state index is 6.07. The Balaban J connectivity index is 2.28. The van der Waals surface area contributed by atoms with Gasteiger partial charge >= 0.3 is 0 Å². The highest BCUT2D eigenvalue weighted by Gasteiger charge is 2.38. The van der Waals surface area contributed by atoms with Gasteiger partial charge in [0.2, 0.25) is 0 Å². The van der Waals surface area contributed by atoms with Gasteiger partial charge in [-0.3, -0.25) is 0 Å². The number of halogens is 1. The largest absolute Gasteiger partial charge is 0.373 e. The second-order valence-corrected chi connectivity index (χ2v) is 5.25. The summed E-state index contributed by atoms with van der Waals surface area (Å²) in [5.74, 6) is 0. The summed E-state index contributed by atoms with van der Waals surface area (Å²) in [6.07, 6.45) is 2.23. The highest BCUT2D eigenvalue weighted by Crippen LogP contribution is 2.37. The molecule has 2 nitrogen and oxygen atoms in total. The number of nitrogens with one attached hydrogen (secondary N) is 1. The lowest BCUT2D eigenvalue weighted by atomic mass is 9.87. The molecule has 1 N–H and O–H groups in total. The van der Waals surface area contributed by atoms with Crippen LogP contribution in [0.2, 0.25) is 5.02 Å². The number of rotatable bonds is 4. The van der Waals surface area contributed by atoms with Crippen molar-refractivity contribution in [3.8, 4) is 0 Å². The summed E-state index contributed by atoms with van der Waals surface area (Å²) >= 11 is 6.07. The Bertz CT molecular complexity index is 374. The van der Waals surface area contributed by atoms with Crippen LogP contribution in [0.15, 0.2) is 24.3 Å². The Morgan fingerprint density at radius 1 is 1.53 bits per heavy atom. The summed E-state index contributed by atoms with van der Waals surface area (Å²) in [7, 11) is 0. The minimum Gasteiger partial charge on any atom is -0.373 e. The Morgan fingerprint density at radius 3 is 2.94 bits per heavy atom. The van der Waals surface area contributed by atoms with E-state index in [9.17, 15) is 0 Å². The molecule has 1 saturated heterocycles. The molecule has 2 unspecified atom stereocenters. The molecule has 3 heteroatoms. The molecule has 0 amide bonds. The van der Waals surface area contributed by atoms with E-state index in [1.807, 2.05) is 18.2 Å². The van der Waals surface area contributed by atoms with Crippen molar-refractivity contribution >= 4 is 11.6 Å². The van der Waals surface area contributed by atoms with Crippen molar-refractivity contribution < 1.29 is 4.74 Å². The van der Waals surface area contributed by atoms with E-state index in [0.717, 1.165) is 31.0 Å². The summed E-state index contributed by atoms with van der Waals surface area (Å²) in [5, 5.41) is 4.31. The monoisotopic (exact) mass is 253 g/mol. The standard InChI is InChI=1S/C14H20ClNO/c1-3-16-13(14(2)8-5-9-17-14)11-6-4-7-12(15)10-11/h4,6-7,10,13,16H,3,5,8-9H2,1-2H3. The Kier molecular flexibility index (Phi) is 4.08. The first kappa shape index (κ1) is 12.9. The number of hydrogen-bond donors (Lipinski definition) is 1. The highest BCUT2D eigenvalue weighted by molar-refractivity contribution is 6.30. The lowest BCUT2D eigenvalue weighted by Crippen LogP contribution is -2.41. The Hall–Kier alpha value is -0.570. The van der Waals surface area contributed by atoms with Gasteiger partial charge in [0, 0.05) is 11.6 Å². The molecule has 0 aromatic heterocycles. The molecule has 2 atom stereocenters. The van der Waals surface area contributed by atoms with E-state index in [1.165, 1.54) is 5.56 Å². The van der Waals surface area contributed by atoms with Gasteiger partial charge in [0.1, 0.15) is 0 Å². The molecule has 1 fully saturated rings. The van der Waals surface area contributed by atoms with Crippen LogP contribution >= 0.6 is 11.6 Å². The third-order valence-electron chi connectivity index (χ3n) is 3.45. The second-order valence-electron chi connectivity index (χ2n) is 4.81. The fourth-order valence-corrected chi connectivity index (χ4v) is 2.80. The van der Waals surface area contributed by atoms with E-state index in [1.54, 1.807) is 0 Å². The number of ether oxygens (including phenoxy) is 1. The molecule has 0 spiro atoms. The molecule has 0 saturated carbocycles. The van der Waals surface area contributed by atoms with Crippen molar-refractivity contribution in [2.45, 2.75) is 38.3 Å². The molecule has 0 aliphatic carbocycles. The van der Waals surface area contributed by atoms with Crippen molar-refractivity contribution in [2.75, 3.05) is 13.2 Å². The normalized spacial score (nSPS) is 26.1. The van der Waals surface area contributed by atoms with Gasteiger partial charge in [0.15, 0.2) is 0 Å². The zero-order chi connectivity index (χ0) is 12.3. The van der Waals surface area contributed by atoms with Crippen molar-refractivity contribution in [3.63, 3.8) is 0 Å². The first-order valence-electron chi connectivity index (χ1n) is 6.28. The summed E-state index contributed by atoms with van der Waals surface area (Å²) in [6, 6.07) is 8.27. The molecule has 1 aliphatic heterocycles. The lowest BCUT2D eigenvalue weighted by Gasteiger charge is -2.34. The van der Waals surface area contributed by atoms with Crippen molar-refractivity contribution in [3.05, 3.63) is 34.9 Å². The van der Waals surface area contributed by atoms with Crippen LogP contribution in [-0.2, 0) is 4.74 Å². The fourth-order valence-electron chi connectivity index (χ4n) is 2.60. The van der Waals surface area contributed by atoms with Gasteiger partial charge in [-0.25, -0.2) is 0 Å². The zero-order valence-corrected chi connectivity index (χ0v) is 11.3. The first-order chi connectivity index (χ1) is 8.15. The molecule has 1 aliphatic rings. The highest BCUT2D eigenvalue weighted by atomic mass is 35.5. The maximum Gasteiger partial charge on any atom is 0.0849 e. The van der Waals surface area contributed by atoms with E-state index < -0.39 is 0 Å². The lowest BCUT2D eigenvalue weighted by molar-refractivity contribution is -0.0120. The van der Waals surface area contributed by atoms with Crippen molar-refractivity contribution in [1.82, 2.24) is 5.32 Å². The fraction of sp³-hybridized carbons (Fsp3) is 0.571. The van der Waals surface area contributed by atoms with Crippen molar-refractivity contribution in [1.29, 1.82) is 0 Å². The summed E-state index contributed by atoms with van der Waals surface area (Å²) in [4.78, 5) is 0. The molecule has 2 rings (SSSR count). The van der Waals surface area contributed by atoms with Crippen LogP contribution in [0.25, 0.3) is 0 Å². The maximum absolute atomic E-state index is 6.07. The van der Waals surface area contributed by atoms with Gasteiger partial charge in [-0.2, -0.15) is 0 Å². The van der Waals surface area contributed by atoms with E-state index in [0.29, 0.717) is 0 Å².